The molecule has 1 aliphatic heterocycles. The molecule has 0 aliphatic carbocycles. The van der Waals surface area contributed by atoms with E-state index in [1.807, 2.05) is 30.3 Å². The third-order valence-corrected chi connectivity index (χ3v) is 3.70. The minimum atomic E-state index is -0.302. The van der Waals surface area contributed by atoms with Crippen LogP contribution in [0.1, 0.15) is 15.9 Å². The average molecular weight is 355 g/mol. The Morgan fingerprint density at radius 3 is 2.36 bits per heavy atom. The van der Waals surface area contributed by atoms with Crippen LogP contribution in [0.5, 0.6) is 0 Å². The van der Waals surface area contributed by atoms with Gasteiger partial charge in [0.2, 0.25) is 5.78 Å². The van der Waals surface area contributed by atoms with Gasteiger partial charge in [-0.3, -0.25) is 9.59 Å². The lowest BCUT2D eigenvalue weighted by Crippen LogP contribution is -2.01. The van der Waals surface area contributed by atoms with E-state index in [1.54, 1.807) is 24.3 Å². The standard InChI is InChI=1S/C18H11BrO3/c19-14-8-6-12(7-9-14)15(20)10-18-16(21)11-17(22-18)13-4-2-1-3-5-13/h1-11H. The summed E-state index contributed by atoms with van der Waals surface area (Å²) in [4.78, 5) is 24.1. The molecule has 0 N–H and O–H groups in total. The molecule has 0 spiro atoms. The number of hydrogen-bond acceptors (Lipinski definition) is 3. The molecular formula is C18H11BrO3. The van der Waals surface area contributed by atoms with Crippen molar-refractivity contribution in [1.82, 2.24) is 0 Å². The molecule has 0 atom stereocenters. The second kappa shape index (κ2) is 6.12. The molecule has 0 bridgehead atoms. The maximum absolute atomic E-state index is 12.2. The number of hydrogen-bond donors (Lipinski definition) is 0. The summed E-state index contributed by atoms with van der Waals surface area (Å²) in [6.07, 6.45) is 2.63. The summed E-state index contributed by atoms with van der Waals surface area (Å²) in [5, 5.41) is 0. The molecule has 3 rings (SSSR count). The van der Waals surface area contributed by atoms with Crippen LogP contribution in [-0.2, 0) is 9.53 Å². The predicted octanol–water partition coefficient (Wildman–Crippen LogP) is 4.16. The number of benzene rings is 2. The van der Waals surface area contributed by atoms with Gasteiger partial charge in [0.15, 0.2) is 11.5 Å². The van der Waals surface area contributed by atoms with Crippen molar-refractivity contribution in [2.45, 2.75) is 0 Å². The molecular weight excluding hydrogens is 344 g/mol. The van der Waals surface area contributed by atoms with E-state index in [2.05, 4.69) is 15.9 Å². The predicted molar refractivity (Wildman–Crippen MR) is 87.1 cm³/mol. The Morgan fingerprint density at radius 1 is 1.00 bits per heavy atom. The molecule has 108 valence electrons. The number of carbonyl (C=O) groups is 2. The molecule has 4 heteroatoms. The van der Waals surface area contributed by atoms with Crippen LogP contribution in [-0.4, -0.2) is 11.6 Å². The first kappa shape index (κ1) is 14.5. The molecule has 0 fully saturated rings. The van der Waals surface area contributed by atoms with Gasteiger partial charge in [-0.15, -0.1) is 0 Å². The number of ether oxygens (including phenoxy) is 1. The highest BCUT2D eigenvalue weighted by Crippen LogP contribution is 2.26. The van der Waals surface area contributed by atoms with Crippen LogP contribution >= 0.6 is 15.9 Å². The van der Waals surface area contributed by atoms with E-state index in [0.717, 1.165) is 10.0 Å². The first-order valence-electron chi connectivity index (χ1n) is 6.64. The van der Waals surface area contributed by atoms with Crippen molar-refractivity contribution in [2.75, 3.05) is 0 Å². The fraction of sp³-hybridized carbons (Fsp3) is 0. The first-order chi connectivity index (χ1) is 10.6. The topological polar surface area (TPSA) is 43.4 Å². The van der Waals surface area contributed by atoms with E-state index < -0.39 is 0 Å². The minimum absolute atomic E-state index is 0.0479. The van der Waals surface area contributed by atoms with E-state index in [0.29, 0.717) is 11.3 Å². The van der Waals surface area contributed by atoms with Crippen LogP contribution < -0.4 is 0 Å². The fourth-order valence-electron chi connectivity index (χ4n) is 2.05. The normalized spacial score (nSPS) is 15.6. The van der Waals surface area contributed by atoms with Crippen molar-refractivity contribution >= 4 is 33.3 Å². The Hall–Kier alpha value is -2.46. The number of rotatable bonds is 3. The molecule has 3 nitrogen and oxygen atoms in total. The molecule has 22 heavy (non-hydrogen) atoms. The lowest BCUT2D eigenvalue weighted by atomic mass is 10.1. The maximum Gasteiger partial charge on any atom is 0.224 e. The molecule has 1 heterocycles. The quantitative estimate of drug-likeness (QED) is 0.614. The van der Waals surface area contributed by atoms with Gasteiger partial charge < -0.3 is 4.74 Å². The van der Waals surface area contributed by atoms with Crippen LogP contribution in [0.3, 0.4) is 0 Å². The third kappa shape index (κ3) is 3.07. The molecule has 0 radical (unpaired) electrons. The zero-order valence-electron chi connectivity index (χ0n) is 11.5. The highest BCUT2D eigenvalue weighted by Gasteiger charge is 2.23. The van der Waals surface area contributed by atoms with Gasteiger partial charge in [0.1, 0.15) is 5.76 Å². The van der Waals surface area contributed by atoms with Gasteiger partial charge in [-0.2, -0.15) is 0 Å². The van der Waals surface area contributed by atoms with Crippen LogP contribution in [0.15, 0.2) is 77.0 Å². The van der Waals surface area contributed by atoms with Crippen molar-refractivity contribution in [3.8, 4) is 0 Å². The van der Waals surface area contributed by atoms with Gasteiger partial charge in [-0.25, -0.2) is 0 Å². The third-order valence-electron chi connectivity index (χ3n) is 3.17. The van der Waals surface area contributed by atoms with Gasteiger partial charge >= 0.3 is 0 Å². The van der Waals surface area contributed by atoms with Crippen molar-refractivity contribution < 1.29 is 14.3 Å². The van der Waals surface area contributed by atoms with E-state index >= 15 is 0 Å². The van der Waals surface area contributed by atoms with E-state index in [-0.39, 0.29) is 17.3 Å². The van der Waals surface area contributed by atoms with Gasteiger partial charge in [0, 0.05) is 27.8 Å². The van der Waals surface area contributed by atoms with Crippen LogP contribution in [0.4, 0.5) is 0 Å². The summed E-state index contributed by atoms with van der Waals surface area (Å²) in [6.45, 7) is 0. The SMILES string of the molecule is O=C1C=C(c2ccccc2)OC1=CC(=O)c1ccc(Br)cc1. The molecule has 0 saturated carbocycles. The largest absolute Gasteiger partial charge is 0.452 e. The van der Waals surface area contributed by atoms with Crippen molar-refractivity contribution in [2.24, 2.45) is 0 Å². The van der Waals surface area contributed by atoms with Crippen LogP contribution in [0, 0.1) is 0 Å². The van der Waals surface area contributed by atoms with E-state index in [1.165, 1.54) is 12.2 Å². The zero-order chi connectivity index (χ0) is 15.5. The zero-order valence-corrected chi connectivity index (χ0v) is 13.0. The fourth-order valence-corrected chi connectivity index (χ4v) is 2.31. The van der Waals surface area contributed by atoms with E-state index in [4.69, 9.17) is 4.74 Å². The first-order valence-corrected chi connectivity index (χ1v) is 7.44. The Bertz CT molecular complexity index is 787. The molecule has 0 aromatic heterocycles. The number of allylic oxidation sites excluding steroid dienone is 2. The summed E-state index contributed by atoms with van der Waals surface area (Å²) in [5.74, 6) is -0.0601. The van der Waals surface area contributed by atoms with Crippen molar-refractivity contribution in [3.05, 3.63) is 88.1 Å². The second-order valence-electron chi connectivity index (χ2n) is 4.72. The maximum atomic E-state index is 12.2. The minimum Gasteiger partial charge on any atom is -0.452 e. The van der Waals surface area contributed by atoms with Gasteiger partial charge in [-0.1, -0.05) is 46.3 Å². The summed E-state index contributed by atoms with van der Waals surface area (Å²) >= 11 is 3.31. The summed E-state index contributed by atoms with van der Waals surface area (Å²) in [7, 11) is 0. The molecule has 0 unspecified atom stereocenters. The Labute approximate surface area is 136 Å². The lowest BCUT2D eigenvalue weighted by Gasteiger charge is -2.04. The molecule has 2 aromatic rings. The number of ketones is 2. The smallest absolute Gasteiger partial charge is 0.224 e. The van der Waals surface area contributed by atoms with Crippen LogP contribution in [0.2, 0.25) is 0 Å². The Morgan fingerprint density at radius 2 is 1.68 bits per heavy atom. The van der Waals surface area contributed by atoms with Gasteiger partial charge in [0.25, 0.3) is 0 Å². The number of carbonyl (C=O) groups excluding carboxylic acids is 2. The van der Waals surface area contributed by atoms with Crippen LogP contribution in [0.25, 0.3) is 5.76 Å². The summed E-state index contributed by atoms with van der Waals surface area (Å²) in [6, 6.07) is 16.2. The molecule has 0 saturated heterocycles. The molecule has 1 aliphatic rings. The monoisotopic (exact) mass is 354 g/mol. The van der Waals surface area contributed by atoms with E-state index in [9.17, 15) is 9.59 Å². The van der Waals surface area contributed by atoms with Crippen molar-refractivity contribution in [3.63, 3.8) is 0 Å². The Kier molecular flexibility index (Phi) is 4.02. The van der Waals surface area contributed by atoms with Crippen molar-refractivity contribution in [1.29, 1.82) is 0 Å². The average Bonchev–Trinajstić information content (AvgIpc) is 2.90. The summed E-state index contributed by atoms with van der Waals surface area (Å²) in [5.41, 5.74) is 1.30. The Balaban J connectivity index is 1.81. The second-order valence-corrected chi connectivity index (χ2v) is 5.64. The molecule has 2 aromatic carbocycles. The highest BCUT2D eigenvalue weighted by atomic mass is 79.9. The van der Waals surface area contributed by atoms with Gasteiger partial charge in [-0.05, 0) is 24.3 Å². The van der Waals surface area contributed by atoms with Gasteiger partial charge in [0.05, 0.1) is 0 Å². The molecule has 0 amide bonds. The number of halogens is 1. The highest BCUT2D eigenvalue weighted by molar-refractivity contribution is 9.10. The summed E-state index contributed by atoms with van der Waals surface area (Å²) < 4.78 is 6.41. The lowest BCUT2D eigenvalue weighted by molar-refractivity contribution is -0.112.